The highest BCUT2D eigenvalue weighted by atomic mass is 16.5. The summed E-state index contributed by atoms with van der Waals surface area (Å²) in [7, 11) is 0. The molecule has 0 saturated carbocycles. The number of hydrogen-bond acceptors (Lipinski definition) is 3. The lowest BCUT2D eigenvalue weighted by Gasteiger charge is -2.39. The van der Waals surface area contributed by atoms with Crippen LogP contribution in [-0.2, 0) is 9.53 Å². The number of ether oxygens (including phenoxy) is 1. The van der Waals surface area contributed by atoms with Crippen molar-refractivity contribution in [1.29, 1.82) is 0 Å². The molecule has 4 nitrogen and oxygen atoms in total. The van der Waals surface area contributed by atoms with Gasteiger partial charge in [0.25, 0.3) is 0 Å². The molecular weight excluding hydrogens is 182 g/mol. The Morgan fingerprint density at radius 3 is 2.43 bits per heavy atom. The lowest BCUT2D eigenvalue weighted by atomic mass is 9.75. The number of nitrogens with one attached hydrogen (secondary N) is 1. The Morgan fingerprint density at radius 2 is 2.00 bits per heavy atom. The summed E-state index contributed by atoms with van der Waals surface area (Å²) in [6.45, 7) is 6.10. The number of amides is 1. The maximum absolute atomic E-state index is 11.1. The maximum Gasteiger partial charge on any atom is 0.243 e. The largest absolute Gasteiger partial charge is 0.376 e. The van der Waals surface area contributed by atoms with Crippen molar-refractivity contribution in [3.8, 4) is 0 Å². The van der Waals surface area contributed by atoms with Crippen molar-refractivity contribution in [2.45, 2.75) is 52.2 Å². The lowest BCUT2D eigenvalue weighted by Crippen LogP contribution is -2.39. The van der Waals surface area contributed by atoms with E-state index in [9.17, 15) is 4.79 Å². The first kappa shape index (κ1) is 11.5. The van der Waals surface area contributed by atoms with Crippen LogP contribution in [0.1, 0.15) is 40.0 Å². The molecule has 82 valence electrons. The van der Waals surface area contributed by atoms with Gasteiger partial charge in [0.1, 0.15) is 0 Å². The molecule has 1 aliphatic rings. The molecule has 4 heteroatoms. The molecule has 0 spiro atoms. The fraction of sp³-hybridized carbons (Fsp3) is 0.900. The van der Waals surface area contributed by atoms with E-state index in [2.05, 4.69) is 6.92 Å². The minimum absolute atomic E-state index is 0.0517. The Morgan fingerprint density at radius 1 is 1.50 bits per heavy atom. The van der Waals surface area contributed by atoms with Gasteiger partial charge >= 0.3 is 0 Å². The first-order valence-corrected chi connectivity index (χ1v) is 5.03. The first-order chi connectivity index (χ1) is 6.45. The van der Waals surface area contributed by atoms with Crippen LogP contribution in [0.25, 0.3) is 0 Å². The second-order valence-corrected chi connectivity index (χ2v) is 4.69. The summed E-state index contributed by atoms with van der Waals surface area (Å²) in [5, 5.41) is 8.48. The maximum atomic E-state index is 11.1. The van der Waals surface area contributed by atoms with E-state index in [1.54, 1.807) is 5.48 Å². The Bertz CT molecular complexity index is 207. The van der Waals surface area contributed by atoms with Gasteiger partial charge in [-0.1, -0.05) is 6.92 Å². The number of rotatable bonds is 2. The van der Waals surface area contributed by atoms with E-state index >= 15 is 0 Å². The van der Waals surface area contributed by atoms with Gasteiger partial charge in [0.15, 0.2) is 0 Å². The predicted octanol–water partition coefficient (Wildman–Crippen LogP) is 1.48. The van der Waals surface area contributed by atoms with Gasteiger partial charge in [-0.25, -0.2) is 5.48 Å². The molecule has 0 radical (unpaired) electrons. The highest BCUT2D eigenvalue weighted by molar-refractivity contribution is 5.75. The lowest BCUT2D eigenvalue weighted by molar-refractivity contribution is -0.136. The van der Waals surface area contributed by atoms with Crippen LogP contribution in [0.5, 0.6) is 0 Å². The summed E-state index contributed by atoms with van der Waals surface area (Å²) >= 11 is 0. The predicted molar refractivity (Wildman–Crippen MR) is 51.9 cm³/mol. The van der Waals surface area contributed by atoms with Gasteiger partial charge in [0.2, 0.25) is 5.91 Å². The Labute approximate surface area is 84.6 Å². The third-order valence-electron chi connectivity index (χ3n) is 2.74. The minimum Gasteiger partial charge on any atom is -0.376 e. The van der Waals surface area contributed by atoms with Gasteiger partial charge in [-0.15, -0.1) is 0 Å². The summed E-state index contributed by atoms with van der Waals surface area (Å²) < 4.78 is 5.60. The quantitative estimate of drug-likeness (QED) is 0.525. The standard InChI is InChI=1S/C10H19NO3/c1-7-4-10(3,5-8(2)14-7)6-9(12)11-13/h7-8,13H,4-6H2,1-3H3,(H,11,12)/t7-,8+,10?. The van der Waals surface area contributed by atoms with Crippen molar-refractivity contribution in [3.63, 3.8) is 0 Å². The molecule has 0 aromatic heterocycles. The molecule has 1 aliphatic heterocycles. The van der Waals surface area contributed by atoms with Crippen LogP contribution in [-0.4, -0.2) is 23.3 Å². The molecule has 1 amide bonds. The van der Waals surface area contributed by atoms with Gasteiger partial charge < -0.3 is 4.74 Å². The molecule has 2 N–H and O–H groups in total. The molecule has 14 heavy (non-hydrogen) atoms. The molecule has 3 atom stereocenters. The highest BCUT2D eigenvalue weighted by Crippen LogP contribution is 2.38. The molecular formula is C10H19NO3. The van der Waals surface area contributed by atoms with E-state index in [4.69, 9.17) is 9.94 Å². The molecule has 0 bridgehead atoms. The third kappa shape index (κ3) is 2.96. The van der Waals surface area contributed by atoms with Crippen LogP contribution in [0.4, 0.5) is 0 Å². The average Bonchev–Trinajstić information content (AvgIpc) is 2.00. The fourth-order valence-electron chi connectivity index (χ4n) is 2.54. The summed E-state index contributed by atoms with van der Waals surface area (Å²) in [6, 6.07) is 0. The zero-order valence-corrected chi connectivity index (χ0v) is 9.04. The van der Waals surface area contributed by atoms with Gasteiger partial charge in [-0.3, -0.25) is 10.0 Å². The second kappa shape index (κ2) is 4.28. The minimum atomic E-state index is -0.311. The molecule has 0 aromatic carbocycles. The average molecular weight is 201 g/mol. The topological polar surface area (TPSA) is 58.6 Å². The summed E-state index contributed by atoms with van der Waals surface area (Å²) in [4.78, 5) is 11.1. The van der Waals surface area contributed by atoms with Crippen molar-refractivity contribution in [1.82, 2.24) is 5.48 Å². The fourth-order valence-corrected chi connectivity index (χ4v) is 2.54. The second-order valence-electron chi connectivity index (χ2n) is 4.69. The van der Waals surface area contributed by atoms with E-state index in [1.807, 2.05) is 13.8 Å². The number of hydroxylamine groups is 1. The van der Waals surface area contributed by atoms with Crippen molar-refractivity contribution < 1.29 is 14.7 Å². The van der Waals surface area contributed by atoms with E-state index in [1.165, 1.54) is 0 Å². The molecule has 0 aliphatic carbocycles. The van der Waals surface area contributed by atoms with E-state index in [0.717, 1.165) is 12.8 Å². The normalized spacial score (nSPS) is 38.0. The summed E-state index contributed by atoms with van der Waals surface area (Å²) in [6.07, 6.45) is 2.47. The van der Waals surface area contributed by atoms with Crippen LogP contribution in [0, 0.1) is 5.41 Å². The van der Waals surface area contributed by atoms with Crippen LogP contribution in [0.3, 0.4) is 0 Å². The Balaban J connectivity index is 2.58. The highest BCUT2D eigenvalue weighted by Gasteiger charge is 2.36. The van der Waals surface area contributed by atoms with Crippen molar-refractivity contribution in [2.24, 2.45) is 5.41 Å². The zero-order chi connectivity index (χ0) is 10.8. The van der Waals surface area contributed by atoms with Gasteiger partial charge in [-0.05, 0) is 32.1 Å². The molecule has 1 saturated heterocycles. The number of carbonyl (C=O) groups excluding carboxylic acids is 1. The smallest absolute Gasteiger partial charge is 0.243 e. The van der Waals surface area contributed by atoms with Crippen LogP contribution >= 0.6 is 0 Å². The molecule has 1 heterocycles. The van der Waals surface area contributed by atoms with Gasteiger partial charge in [-0.2, -0.15) is 0 Å². The van der Waals surface area contributed by atoms with Crippen molar-refractivity contribution in [3.05, 3.63) is 0 Å². The molecule has 0 aromatic rings. The van der Waals surface area contributed by atoms with E-state index in [-0.39, 0.29) is 23.5 Å². The van der Waals surface area contributed by atoms with E-state index < -0.39 is 0 Å². The van der Waals surface area contributed by atoms with Crippen LogP contribution < -0.4 is 5.48 Å². The monoisotopic (exact) mass is 201 g/mol. The zero-order valence-electron chi connectivity index (χ0n) is 9.04. The molecule has 1 unspecified atom stereocenters. The van der Waals surface area contributed by atoms with Crippen molar-refractivity contribution >= 4 is 5.91 Å². The van der Waals surface area contributed by atoms with E-state index in [0.29, 0.717) is 6.42 Å². The summed E-state index contributed by atoms with van der Waals surface area (Å²) in [5.41, 5.74) is 1.64. The number of hydrogen-bond donors (Lipinski definition) is 2. The first-order valence-electron chi connectivity index (χ1n) is 5.03. The van der Waals surface area contributed by atoms with Crippen LogP contribution in [0.15, 0.2) is 0 Å². The SMILES string of the molecule is C[C@@H]1CC(C)(CC(=O)NO)C[C@H](C)O1. The van der Waals surface area contributed by atoms with Gasteiger partial charge in [0.05, 0.1) is 12.2 Å². The Kier molecular flexibility index (Phi) is 3.50. The molecule has 1 fully saturated rings. The molecule has 1 rings (SSSR count). The van der Waals surface area contributed by atoms with Crippen LogP contribution in [0.2, 0.25) is 0 Å². The van der Waals surface area contributed by atoms with Crippen molar-refractivity contribution in [2.75, 3.05) is 0 Å². The third-order valence-corrected chi connectivity index (χ3v) is 2.74. The Hall–Kier alpha value is -0.610. The summed E-state index contributed by atoms with van der Waals surface area (Å²) in [5.74, 6) is -0.311. The number of carbonyl (C=O) groups is 1. The van der Waals surface area contributed by atoms with Gasteiger partial charge in [0, 0.05) is 6.42 Å².